The van der Waals surface area contributed by atoms with Gasteiger partial charge < -0.3 is 0 Å². The minimum Gasteiger partial charge on any atom is -0.282 e. The molecule has 0 radical (unpaired) electrons. The molecule has 118 valence electrons. The van der Waals surface area contributed by atoms with Crippen LogP contribution < -0.4 is 4.72 Å². The van der Waals surface area contributed by atoms with Crippen LogP contribution in [0.25, 0.3) is 4.85 Å². The summed E-state index contributed by atoms with van der Waals surface area (Å²) >= 11 is 0. The Morgan fingerprint density at radius 2 is 1.70 bits per heavy atom. The highest BCUT2D eigenvalue weighted by atomic mass is 32.2. The van der Waals surface area contributed by atoms with Crippen molar-refractivity contribution in [2.24, 2.45) is 0 Å². The molecule has 0 aromatic carbocycles. The van der Waals surface area contributed by atoms with Crippen LogP contribution in [0.2, 0.25) is 0 Å². The molecule has 0 spiro atoms. The van der Waals surface area contributed by atoms with Gasteiger partial charge in [0.05, 0.1) is 11.2 Å². The molecule has 0 saturated heterocycles. The molecular weight excluding hydrogens is 289 g/mol. The maximum Gasteiger partial charge on any atom is 0.485 e. The van der Waals surface area contributed by atoms with Crippen LogP contribution in [-0.4, -0.2) is 20.8 Å². The summed E-state index contributed by atoms with van der Waals surface area (Å²) in [6, 6.07) is 0. The van der Waals surface area contributed by atoms with Crippen LogP contribution in [0.3, 0.4) is 0 Å². The smallest absolute Gasteiger partial charge is 0.282 e. The molecule has 0 saturated carbocycles. The van der Waals surface area contributed by atoms with Gasteiger partial charge in [-0.2, -0.15) is 17.9 Å². The molecule has 0 unspecified atom stereocenters. The molecule has 0 amide bonds. The second kappa shape index (κ2) is 7.41. The lowest BCUT2D eigenvalue weighted by Gasteiger charge is -2.28. The second-order valence-corrected chi connectivity index (χ2v) is 7.73. The summed E-state index contributed by atoms with van der Waals surface area (Å²) in [5.74, 6) is 0. The van der Waals surface area contributed by atoms with E-state index in [2.05, 4.69) is 4.85 Å². The Bertz CT molecular complexity index is 371. The van der Waals surface area contributed by atoms with Crippen molar-refractivity contribution in [1.82, 2.24) is 4.72 Å². The molecule has 0 aliphatic heterocycles. The monoisotopic (exact) mass is 312 g/mol. The van der Waals surface area contributed by atoms with E-state index in [9.17, 15) is 17.4 Å². The lowest BCUT2D eigenvalue weighted by Crippen LogP contribution is -2.57. The summed E-state index contributed by atoms with van der Waals surface area (Å²) in [7, 11) is -1.94. The molecule has 1 N–H and O–H groups in total. The van der Waals surface area contributed by atoms with E-state index in [1.54, 1.807) is 20.8 Å². The van der Waals surface area contributed by atoms with Crippen LogP contribution in [0.15, 0.2) is 0 Å². The van der Waals surface area contributed by atoms with E-state index in [-0.39, 0.29) is 12.8 Å². The van der Waals surface area contributed by atoms with Crippen LogP contribution >= 0.6 is 0 Å². The molecule has 0 aromatic heterocycles. The van der Waals surface area contributed by atoms with Crippen molar-refractivity contribution in [2.45, 2.75) is 76.4 Å². The quantitative estimate of drug-likeness (QED) is 0.555. The van der Waals surface area contributed by atoms with Crippen LogP contribution in [0.1, 0.15) is 59.8 Å². The first-order valence-corrected chi connectivity index (χ1v) is 7.80. The van der Waals surface area contributed by atoms with Crippen LogP contribution in [0.4, 0.5) is 13.2 Å². The Balaban J connectivity index is 5.07. The van der Waals surface area contributed by atoms with Crippen LogP contribution in [-0.2, 0) is 11.0 Å². The first-order valence-electron chi connectivity index (χ1n) is 6.65. The van der Waals surface area contributed by atoms with Gasteiger partial charge in [-0.15, -0.1) is 0 Å². The Hall–Kier alpha value is -0.610. The number of halogens is 3. The fourth-order valence-corrected chi connectivity index (χ4v) is 2.38. The maximum atomic E-state index is 13.2. The molecule has 0 aliphatic rings. The SMILES string of the molecule is [C-]#[N+][C@](CCCCCC)(N[S@](=O)C(C)(C)C)C(F)(F)F. The number of nitrogens with zero attached hydrogens (tertiary/aromatic N) is 1. The highest BCUT2D eigenvalue weighted by Crippen LogP contribution is 2.37. The summed E-state index contributed by atoms with van der Waals surface area (Å²) in [5.41, 5.74) is -2.75. The number of nitrogens with one attached hydrogen (secondary N) is 1. The molecule has 0 bridgehead atoms. The van der Waals surface area contributed by atoms with Gasteiger partial charge >= 0.3 is 11.8 Å². The predicted molar refractivity (Wildman–Crippen MR) is 75.2 cm³/mol. The number of hydrogen-bond acceptors (Lipinski definition) is 1. The molecule has 20 heavy (non-hydrogen) atoms. The van der Waals surface area contributed by atoms with Gasteiger partial charge in [0.1, 0.15) is 11.0 Å². The third kappa shape index (κ3) is 5.41. The van der Waals surface area contributed by atoms with Crippen LogP contribution in [0.5, 0.6) is 0 Å². The zero-order chi connectivity index (χ0) is 16.0. The number of alkyl halides is 3. The Labute approximate surface area is 121 Å². The molecule has 0 heterocycles. The maximum absolute atomic E-state index is 13.2. The highest BCUT2D eigenvalue weighted by Gasteiger charge is 2.63. The van der Waals surface area contributed by atoms with Crippen molar-refractivity contribution in [3.63, 3.8) is 0 Å². The molecule has 0 aliphatic carbocycles. The summed E-state index contributed by atoms with van der Waals surface area (Å²) < 4.78 is 52.8. The van der Waals surface area contributed by atoms with E-state index < -0.39 is 27.6 Å². The van der Waals surface area contributed by atoms with Gasteiger partial charge in [-0.1, -0.05) is 26.2 Å². The van der Waals surface area contributed by atoms with Crippen molar-refractivity contribution in [3.8, 4) is 0 Å². The molecule has 3 nitrogen and oxygen atoms in total. The molecule has 0 aromatic rings. The fourth-order valence-electron chi connectivity index (χ4n) is 1.51. The molecule has 0 rings (SSSR count). The summed E-state index contributed by atoms with van der Waals surface area (Å²) in [6.45, 7) is 13.6. The topological polar surface area (TPSA) is 33.5 Å². The van der Waals surface area contributed by atoms with Gasteiger partial charge in [0.2, 0.25) is 0 Å². The van der Waals surface area contributed by atoms with Crippen molar-refractivity contribution in [1.29, 1.82) is 0 Å². The predicted octanol–water partition coefficient (Wildman–Crippen LogP) is 4.19. The third-order valence-corrected chi connectivity index (χ3v) is 4.51. The Morgan fingerprint density at radius 3 is 2.05 bits per heavy atom. The number of rotatable bonds is 7. The molecule has 0 fully saturated rings. The van der Waals surface area contributed by atoms with Gasteiger partial charge in [-0.25, -0.2) is 10.8 Å². The van der Waals surface area contributed by atoms with Gasteiger partial charge in [0.15, 0.2) is 0 Å². The minimum atomic E-state index is -4.75. The number of unbranched alkanes of at least 4 members (excludes halogenated alkanes) is 3. The average Bonchev–Trinajstić information content (AvgIpc) is 2.30. The Morgan fingerprint density at radius 1 is 1.15 bits per heavy atom. The van der Waals surface area contributed by atoms with Crippen LogP contribution in [0, 0.1) is 6.57 Å². The van der Waals surface area contributed by atoms with Gasteiger partial charge in [0.25, 0.3) is 0 Å². The van der Waals surface area contributed by atoms with Crippen molar-refractivity contribution >= 4 is 11.0 Å². The van der Waals surface area contributed by atoms with E-state index >= 15 is 0 Å². The van der Waals surface area contributed by atoms with E-state index in [1.165, 1.54) is 0 Å². The van der Waals surface area contributed by atoms with Gasteiger partial charge in [-0.3, -0.25) is 4.85 Å². The summed E-state index contributed by atoms with van der Waals surface area (Å²) in [4.78, 5) is 2.76. The lowest BCUT2D eigenvalue weighted by molar-refractivity contribution is -0.178. The van der Waals surface area contributed by atoms with E-state index in [1.807, 2.05) is 11.6 Å². The largest absolute Gasteiger partial charge is 0.485 e. The van der Waals surface area contributed by atoms with E-state index in [4.69, 9.17) is 6.57 Å². The first-order chi connectivity index (χ1) is 9.00. The minimum absolute atomic E-state index is 0.282. The summed E-state index contributed by atoms with van der Waals surface area (Å²) in [6.07, 6.45) is -2.48. The third-order valence-electron chi connectivity index (χ3n) is 2.87. The zero-order valence-electron chi connectivity index (χ0n) is 12.4. The van der Waals surface area contributed by atoms with Gasteiger partial charge in [-0.05, 0) is 27.2 Å². The van der Waals surface area contributed by atoms with Gasteiger partial charge in [0, 0.05) is 0 Å². The second-order valence-electron chi connectivity index (χ2n) is 5.76. The fraction of sp³-hybridized carbons (Fsp3) is 0.923. The van der Waals surface area contributed by atoms with E-state index in [0.717, 1.165) is 12.8 Å². The van der Waals surface area contributed by atoms with Crippen molar-refractivity contribution < 1.29 is 17.4 Å². The standard InChI is InChI=1S/C13H23F3N2OS/c1-6-7-8-9-10-12(17-5,13(14,15)16)18-20(19)11(2,3)4/h18H,6-10H2,1-4H3/t12-,20-/m1/s1. The lowest BCUT2D eigenvalue weighted by atomic mass is 10.0. The van der Waals surface area contributed by atoms with Crippen molar-refractivity contribution in [2.75, 3.05) is 0 Å². The zero-order valence-corrected chi connectivity index (χ0v) is 13.2. The normalized spacial score (nSPS) is 17.3. The molecule has 2 atom stereocenters. The number of hydrogen-bond donors (Lipinski definition) is 1. The average molecular weight is 312 g/mol. The summed E-state index contributed by atoms with van der Waals surface area (Å²) in [5, 5.41) is 0. The van der Waals surface area contributed by atoms with E-state index in [0.29, 0.717) is 6.42 Å². The highest BCUT2D eigenvalue weighted by molar-refractivity contribution is 7.84. The molecular formula is C13H23F3N2OS. The van der Waals surface area contributed by atoms with Crippen molar-refractivity contribution in [3.05, 3.63) is 11.4 Å². The molecule has 7 heteroatoms. The Kier molecular flexibility index (Phi) is 7.19. The first kappa shape index (κ1) is 19.4.